The predicted octanol–water partition coefficient (Wildman–Crippen LogP) is 3.63. The molecule has 21 heavy (non-hydrogen) atoms. The normalized spacial score (nSPS) is 12.3. The van der Waals surface area contributed by atoms with Crippen molar-refractivity contribution in [3.63, 3.8) is 0 Å². The summed E-state index contributed by atoms with van der Waals surface area (Å²) >= 11 is 0. The fraction of sp³-hybridized carbons (Fsp3) is 0.444. The van der Waals surface area contributed by atoms with E-state index in [1.165, 1.54) is 17.5 Å². The summed E-state index contributed by atoms with van der Waals surface area (Å²) in [5, 5.41) is 3.59. The molecule has 0 aliphatic heterocycles. The van der Waals surface area contributed by atoms with Crippen molar-refractivity contribution in [1.82, 2.24) is 9.88 Å². The van der Waals surface area contributed by atoms with Crippen LogP contribution in [0.3, 0.4) is 0 Å². The van der Waals surface area contributed by atoms with Gasteiger partial charge >= 0.3 is 0 Å². The fourth-order valence-corrected chi connectivity index (χ4v) is 2.56. The van der Waals surface area contributed by atoms with E-state index >= 15 is 0 Å². The van der Waals surface area contributed by atoms with Gasteiger partial charge in [0.15, 0.2) is 0 Å². The fourth-order valence-electron chi connectivity index (χ4n) is 2.56. The molecule has 0 bridgehead atoms. The maximum atomic E-state index is 5.41. The van der Waals surface area contributed by atoms with E-state index in [0.29, 0.717) is 6.04 Å². The third-order valence-corrected chi connectivity index (χ3v) is 3.67. The highest BCUT2D eigenvalue weighted by molar-refractivity contribution is 5.33. The Labute approximate surface area is 127 Å². The number of nitrogens with one attached hydrogen (secondary N) is 1. The number of hydrogen-bond acceptors (Lipinski definition) is 2. The molecule has 0 saturated heterocycles. The van der Waals surface area contributed by atoms with Crippen molar-refractivity contribution in [2.24, 2.45) is 0 Å². The van der Waals surface area contributed by atoms with E-state index in [2.05, 4.69) is 54.3 Å². The molecule has 1 N–H and O–H groups in total. The van der Waals surface area contributed by atoms with Crippen molar-refractivity contribution in [2.45, 2.75) is 45.8 Å². The lowest BCUT2D eigenvalue weighted by Crippen LogP contribution is -2.27. The molecule has 3 heteroatoms. The number of aryl methyl sites for hydroxylation is 1. The molecule has 2 aromatic rings. The van der Waals surface area contributed by atoms with Crippen molar-refractivity contribution < 1.29 is 4.74 Å². The molecular formula is C18H26N2O. The first kappa shape index (κ1) is 15.6. The standard InChI is InChI=1S/C18H26N2O/c1-4-10-20-11-9-16(14-20)13-19-15(2)12-17-7-5-6-8-18(17)21-3/h5-9,11,14-15,19H,4,10,12-13H2,1-3H3. The number of nitrogens with zero attached hydrogens (tertiary/aromatic N) is 1. The Morgan fingerprint density at radius 2 is 2.05 bits per heavy atom. The van der Waals surface area contributed by atoms with Crippen LogP contribution in [0.15, 0.2) is 42.7 Å². The van der Waals surface area contributed by atoms with Crippen LogP contribution in [-0.2, 0) is 19.5 Å². The third kappa shape index (κ3) is 4.64. The van der Waals surface area contributed by atoms with Gasteiger partial charge in [-0.25, -0.2) is 0 Å². The minimum absolute atomic E-state index is 0.413. The summed E-state index contributed by atoms with van der Waals surface area (Å²) in [7, 11) is 1.73. The summed E-state index contributed by atoms with van der Waals surface area (Å²) in [4.78, 5) is 0. The van der Waals surface area contributed by atoms with E-state index in [0.717, 1.165) is 25.3 Å². The molecule has 1 unspecified atom stereocenters. The van der Waals surface area contributed by atoms with E-state index in [1.54, 1.807) is 7.11 Å². The Morgan fingerprint density at radius 1 is 1.24 bits per heavy atom. The molecule has 2 rings (SSSR count). The maximum absolute atomic E-state index is 5.41. The summed E-state index contributed by atoms with van der Waals surface area (Å²) in [6, 6.07) is 10.8. The highest BCUT2D eigenvalue weighted by Crippen LogP contribution is 2.18. The van der Waals surface area contributed by atoms with Crippen LogP contribution in [0.25, 0.3) is 0 Å². The molecule has 1 aromatic heterocycles. The lowest BCUT2D eigenvalue weighted by atomic mass is 10.1. The van der Waals surface area contributed by atoms with Gasteiger partial charge in [-0.2, -0.15) is 0 Å². The molecule has 0 fully saturated rings. The number of methoxy groups -OCH3 is 1. The average Bonchev–Trinajstić information content (AvgIpc) is 2.94. The number of rotatable bonds is 8. The second-order valence-corrected chi connectivity index (χ2v) is 5.56. The Hall–Kier alpha value is -1.74. The monoisotopic (exact) mass is 286 g/mol. The van der Waals surface area contributed by atoms with Crippen molar-refractivity contribution in [1.29, 1.82) is 0 Å². The molecule has 3 nitrogen and oxygen atoms in total. The van der Waals surface area contributed by atoms with E-state index in [4.69, 9.17) is 4.74 Å². The van der Waals surface area contributed by atoms with Crippen LogP contribution in [0, 0.1) is 0 Å². The lowest BCUT2D eigenvalue weighted by molar-refractivity contribution is 0.406. The quantitative estimate of drug-likeness (QED) is 0.802. The van der Waals surface area contributed by atoms with Gasteiger partial charge in [-0.05, 0) is 43.0 Å². The first-order valence-electron chi connectivity index (χ1n) is 7.73. The van der Waals surface area contributed by atoms with E-state index in [1.807, 2.05) is 12.1 Å². The Bertz CT molecular complexity index is 548. The SMILES string of the molecule is CCCn1ccc(CNC(C)Cc2ccccc2OC)c1. The highest BCUT2D eigenvalue weighted by Gasteiger charge is 2.08. The van der Waals surface area contributed by atoms with Crippen LogP contribution >= 0.6 is 0 Å². The molecule has 1 heterocycles. The first-order valence-corrected chi connectivity index (χ1v) is 7.73. The topological polar surface area (TPSA) is 26.2 Å². The van der Waals surface area contributed by atoms with Gasteiger partial charge < -0.3 is 14.6 Å². The van der Waals surface area contributed by atoms with Gasteiger partial charge in [0.05, 0.1) is 7.11 Å². The van der Waals surface area contributed by atoms with E-state index < -0.39 is 0 Å². The molecule has 114 valence electrons. The van der Waals surface area contributed by atoms with Crippen LogP contribution < -0.4 is 10.1 Å². The molecule has 0 saturated carbocycles. The van der Waals surface area contributed by atoms with Gasteiger partial charge in [0, 0.05) is 31.5 Å². The van der Waals surface area contributed by atoms with Gasteiger partial charge in [-0.15, -0.1) is 0 Å². The Morgan fingerprint density at radius 3 is 2.81 bits per heavy atom. The smallest absolute Gasteiger partial charge is 0.122 e. The second kappa shape index (κ2) is 7.89. The Balaban J connectivity index is 1.85. The number of ether oxygens (including phenoxy) is 1. The minimum atomic E-state index is 0.413. The van der Waals surface area contributed by atoms with E-state index in [9.17, 15) is 0 Å². The Kier molecular flexibility index (Phi) is 5.88. The van der Waals surface area contributed by atoms with Crippen molar-refractivity contribution in [2.75, 3.05) is 7.11 Å². The zero-order chi connectivity index (χ0) is 15.1. The van der Waals surface area contributed by atoms with Crippen molar-refractivity contribution in [3.05, 3.63) is 53.9 Å². The molecule has 1 aromatic carbocycles. The summed E-state index contributed by atoms with van der Waals surface area (Å²) in [6.45, 7) is 6.42. The van der Waals surface area contributed by atoms with Crippen LogP contribution in [-0.4, -0.2) is 17.7 Å². The molecule has 0 aliphatic carbocycles. The van der Waals surface area contributed by atoms with Gasteiger partial charge in [0.1, 0.15) is 5.75 Å². The van der Waals surface area contributed by atoms with Crippen LogP contribution in [0.4, 0.5) is 0 Å². The highest BCUT2D eigenvalue weighted by atomic mass is 16.5. The molecular weight excluding hydrogens is 260 g/mol. The molecule has 0 spiro atoms. The van der Waals surface area contributed by atoms with Crippen LogP contribution in [0.2, 0.25) is 0 Å². The van der Waals surface area contributed by atoms with E-state index in [-0.39, 0.29) is 0 Å². The first-order chi connectivity index (χ1) is 10.2. The zero-order valence-corrected chi connectivity index (χ0v) is 13.3. The predicted molar refractivity (Wildman–Crippen MR) is 87.7 cm³/mol. The minimum Gasteiger partial charge on any atom is -0.496 e. The molecule has 1 atom stereocenters. The lowest BCUT2D eigenvalue weighted by Gasteiger charge is -2.15. The third-order valence-electron chi connectivity index (χ3n) is 3.67. The summed E-state index contributed by atoms with van der Waals surface area (Å²) in [6.07, 6.45) is 6.53. The van der Waals surface area contributed by atoms with Crippen LogP contribution in [0.1, 0.15) is 31.4 Å². The van der Waals surface area contributed by atoms with Gasteiger partial charge in [-0.3, -0.25) is 0 Å². The summed E-state index contributed by atoms with van der Waals surface area (Å²) in [5.41, 5.74) is 2.60. The molecule has 0 aliphatic rings. The number of hydrogen-bond donors (Lipinski definition) is 1. The summed E-state index contributed by atoms with van der Waals surface area (Å²) in [5.74, 6) is 0.972. The van der Waals surface area contributed by atoms with Gasteiger partial charge in [0.25, 0.3) is 0 Å². The maximum Gasteiger partial charge on any atom is 0.122 e. The number of para-hydroxylation sites is 1. The van der Waals surface area contributed by atoms with Crippen LogP contribution in [0.5, 0.6) is 5.75 Å². The molecule has 0 radical (unpaired) electrons. The number of benzene rings is 1. The van der Waals surface area contributed by atoms with Gasteiger partial charge in [-0.1, -0.05) is 25.1 Å². The zero-order valence-electron chi connectivity index (χ0n) is 13.3. The van der Waals surface area contributed by atoms with Crippen molar-refractivity contribution >= 4 is 0 Å². The summed E-state index contributed by atoms with van der Waals surface area (Å²) < 4.78 is 7.66. The second-order valence-electron chi connectivity index (χ2n) is 5.56. The van der Waals surface area contributed by atoms with Crippen molar-refractivity contribution in [3.8, 4) is 5.75 Å². The van der Waals surface area contributed by atoms with Gasteiger partial charge in [0.2, 0.25) is 0 Å². The number of aromatic nitrogens is 1. The molecule has 0 amide bonds. The average molecular weight is 286 g/mol. The largest absolute Gasteiger partial charge is 0.496 e.